The molecule has 0 aliphatic rings. The number of hydrogen-bond acceptors (Lipinski definition) is 1. The van der Waals surface area contributed by atoms with E-state index in [0.29, 0.717) is 0 Å². The third kappa shape index (κ3) is 2.08. The van der Waals surface area contributed by atoms with Crippen LogP contribution in [-0.4, -0.2) is 16.1 Å². The average molecular weight is 150 g/mol. The lowest BCUT2D eigenvalue weighted by Crippen LogP contribution is -2.12. The number of nitrogens with one attached hydrogen (secondary N) is 1. The molecule has 2 nitrogen and oxygen atoms in total. The Kier molecular flexibility index (Phi) is 1.65. The molecular formula is C5H5F3N2. The van der Waals surface area contributed by atoms with Crippen molar-refractivity contribution < 1.29 is 13.2 Å². The maximum absolute atomic E-state index is 11.6. The standard InChI is InChI=1S/C5H5F3N2/c6-5(7,8)3-4-9-1-2-10-4/h1-2H,3H2,(H,9,10). The molecule has 0 unspecified atom stereocenters. The molecule has 1 N–H and O–H groups in total. The maximum atomic E-state index is 11.6. The summed E-state index contributed by atoms with van der Waals surface area (Å²) in [5, 5.41) is 0. The summed E-state index contributed by atoms with van der Waals surface area (Å²) < 4.78 is 34.7. The van der Waals surface area contributed by atoms with Crippen molar-refractivity contribution in [2.24, 2.45) is 0 Å². The summed E-state index contributed by atoms with van der Waals surface area (Å²) in [6.07, 6.45) is -2.50. The van der Waals surface area contributed by atoms with Gasteiger partial charge in [-0.1, -0.05) is 0 Å². The molecule has 56 valence electrons. The van der Waals surface area contributed by atoms with Gasteiger partial charge in [0.05, 0.1) is 0 Å². The molecule has 1 rings (SSSR count). The normalized spacial score (nSPS) is 11.9. The number of H-pyrrole nitrogens is 1. The van der Waals surface area contributed by atoms with Gasteiger partial charge in [-0.15, -0.1) is 0 Å². The molecule has 0 saturated carbocycles. The van der Waals surface area contributed by atoms with Crippen molar-refractivity contribution in [2.45, 2.75) is 12.6 Å². The Bertz CT molecular complexity index is 189. The zero-order valence-corrected chi connectivity index (χ0v) is 4.94. The molecule has 5 heteroatoms. The number of rotatable bonds is 1. The van der Waals surface area contributed by atoms with Gasteiger partial charge in [0, 0.05) is 12.4 Å². The van der Waals surface area contributed by atoms with Crippen molar-refractivity contribution in [1.82, 2.24) is 9.97 Å². The van der Waals surface area contributed by atoms with Gasteiger partial charge in [0.1, 0.15) is 12.2 Å². The Labute approximate surface area is 55.1 Å². The van der Waals surface area contributed by atoms with Crippen LogP contribution >= 0.6 is 0 Å². The van der Waals surface area contributed by atoms with E-state index in [-0.39, 0.29) is 5.82 Å². The van der Waals surface area contributed by atoms with E-state index in [2.05, 4.69) is 9.97 Å². The van der Waals surface area contributed by atoms with E-state index in [1.807, 2.05) is 0 Å². The zero-order valence-electron chi connectivity index (χ0n) is 4.94. The Morgan fingerprint density at radius 1 is 1.50 bits per heavy atom. The first kappa shape index (κ1) is 7.11. The Balaban J connectivity index is 2.57. The SMILES string of the molecule is FC(F)(F)Cc1ncc[nH]1. The molecular weight excluding hydrogens is 145 g/mol. The zero-order chi connectivity index (χ0) is 7.61. The number of hydrogen-bond donors (Lipinski definition) is 1. The second-order valence-electron chi connectivity index (χ2n) is 1.83. The van der Waals surface area contributed by atoms with Crippen molar-refractivity contribution in [3.8, 4) is 0 Å². The van der Waals surface area contributed by atoms with Crippen LogP contribution in [0.5, 0.6) is 0 Å². The van der Waals surface area contributed by atoms with Crippen LogP contribution in [-0.2, 0) is 6.42 Å². The van der Waals surface area contributed by atoms with E-state index >= 15 is 0 Å². The number of imidazole rings is 1. The summed E-state index contributed by atoms with van der Waals surface area (Å²) in [4.78, 5) is 5.79. The quantitative estimate of drug-likeness (QED) is 0.645. The number of aromatic nitrogens is 2. The molecule has 1 aromatic heterocycles. The van der Waals surface area contributed by atoms with Crippen LogP contribution in [0, 0.1) is 0 Å². The lowest BCUT2D eigenvalue weighted by atomic mass is 10.4. The third-order valence-electron chi connectivity index (χ3n) is 0.923. The fourth-order valence-electron chi connectivity index (χ4n) is 0.585. The topological polar surface area (TPSA) is 28.7 Å². The molecule has 0 spiro atoms. The lowest BCUT2D eigenvalue weighted by Gasteiger charge is -2.01. The van der Waals surface area contributed by atoms with Crippen LogP contribution < -0.4 is 0 Å². The second-order valence-corrected chi connectivity index (χ2v) is 1.83. The van der Waals surface area contributed by atoms with Crippen molar-refractivity contribution in [3.05, 3.63) is 18.2 Å². The van der Waals surface area contributed by atoms with E-state index in [9.17, 15) is 13.2 Å². The lowest BCUT2D eigenvalue weighted by molar-refractivity contribution is -0.128. The van der Waals surface area contributed by atoms with Crippen LogP contribution in [0.4, 0.5) is 13.2 Å². The summed E-state index contributed by atoms with van der Waals surface area (Å²) in [5.41, 5.74) is 0. The first-order valence-corrected chi connectivity index (χ1v) is 2.63. The van der Waals surface area contributed by atoms with E-state index in [4.69, 9.17) is 0 Å². The van der Waals surface area contributed by atoms with Gasteiger partial charge in [-0.25, -0.2) is 4.98 Å². The molecule has 0 bridgehead atoms. The van der Waals surface area contributed by atoms with Crippen molar-refractivity contribution in [1.29, 1.82) is 0 Å². The van der Waals surface area contributed by atoms with Gasteiger partial charge >= 0.3 is 6.18 Å². The first-order valence-electron chi connectivity index (χ1n) is 2.63. The van der Waals surface area contributed by atoms with Gasteiger partial charge in [-0.2, -0.15) is 13.2 Å². The highest BCUT2D eigenvalue weighted by Crippen LogP contribution is 2.18. The smallest absolute Gasteiger partial charge is 0.348 e. The van der Waals surface area contributed by atoms with E-state index in [1.165, 1.54) is 12.4 Å². The predicted octanol–water partition coefficient (Wildman–Crippen LogP) is 1.51. The van der Waals surface area contributed by atoms with Crippen molar-refractivity contribution in [2.75, 3.05) is 0 Å². The number of aromatic amines is 1. The van der Waals surface area contributed by atoms with Gasteiger partial charge in [0.15, 0.2) is 0 Å². The Morgan fingerprint density at radius 2 is 2.20 bits per heavy atom. The van der Waals surface area contributed by atoms with Crippen LogP contribution in [0.25, 0.3) is 0 Å². The van der Waals surface area contributed by atoms with Gasteiger partial charge in [-0.3, -0.25) is 0 Å². The molecule has 0 amide bonds. The van der Waals surface area contributed by atoms with Crippen molar-refractivity contribution in [3.63, 3.8) is 0 Å². The summed E-state index contributed by atoms with van der Waals surface area (Å²) >= 11 is 0. The fourth-order valence-corrected chi connectivity index (χ4v) is 0.585. The minimum atomic E-state index is -4.17. The summed E-state index contributed by atoms with van der Waals surface area (Å²) in [5.74, 6) is -0.0486. The molecule has 0 fully saturated rings. The van der Waals surface area contributed by atoms with Gasteiger partial charge in [0.25, 0.3) is 0 Å². The monoisotopic (exact) mass is 150 g/mol. The molecule has 0 aliphatic heterocycles. The van der Waals surface area contributed by atoms with Crippen LogP contribution in [0.1, 0.15) is 5.82 Å². The Hall–Kier alpha value is -1.00. The molecule has 0 atom stereocenters. The molecule has 0 radical (unpaired) electrons. The number of halogens is 3. The van der Waals surface area contributed by atoms with Crippen LogP contribution in [0.2, 0.25) is 0 Å². The number of nitrogens with zero attached hydrogens (tertiary/aromatic N) is 1. The highest BCUT2D eigenvalue weighted by Gasteiger charge is 2.28. The minimum Gasteiger partial charge on any atom is -0.348 e. The third-order valence-corrected chi connectivity index (χ3v) is 0.923. The van der Waals surface area contributed by atoms with Crippen molar-refractivity contribution >= 4 is 0 Å². The minimum absolute atomic E-state index is 0.0486. The Morgan fingerprint density at radius 3 is 2.60 bits per heavy atom. The first-order chi connectivity index (χ1) is 4.58. The molecule has 10 heavy (non-hydrogen) atoms. The van der Waals surface area contributed by atoms with Gasteiger partial charge in [-0.05, 0) is 0 Å². The highest BCUT2D eigenvalue weighted by molar-refractivity contribution is 4.88. The number of alkyl halides is 3. The maximum Gasteiger partial charge on any atom is 0.396 e. The second kappa shape index (κ2) is 2.32. The summed E-state index contributed by atoms with van der Waals surface area (Å²) in [6, 6.07) is 0. The average Bonchev–Trinajstić information content (AvgIpc) is 2.12. The predicted molar refractivity (Wildman–Crippen MR) is 28.3 cm³/mol. The highest BCUT2D eigenvalue weighted by atomic mass is 19.4. The van der Waals surface area contributed by atoms with Crippen LogP contribution in [0.3, 0.4) is 0 Å². The molecule has 0 aromatic carbocycles. The molecule has 0 aliphatic carbocycles. The largest absolute Gasteiger partial charge is 0.396 e. The van der Waals surface area contributed by atoms with E-state index in [0.717, 1.165) is 0 Å². The summed E-state index contributed by atoms with van der Waals surface area (Å²) in [6.45, 7) is 0. The molecule has 0 saturated heterocycles. The van der Waals surface area contributed by atoms with E-state index < -0.39 is 12.6 Å². The van der Waals surface area contributed by atoms with E-state index in [1.54, 1.807) is 0 Å². The van der Waals surface area contributed by atoms with Gasteiger partial charge in [0.2, 0.25) is 0 Å². The van der Waals surface area contributed by atoms with Gasteiger partial charge < -0.3 is 4.98 Å². The molecule has 1 aromatic rings. The fraction of sp³-hybridized carbons (Fsp3) is 0.400. The summed E-state index contributed by atoms with van der Waals surface area (Å²) in [7, 11) is 0. The molecule has 1 heterocycles. The van der Waals surface area contributed by atoms with Crippen LogP contribution in [0.15, 0.2) is 12.4 Å².